The molecule has 0 aliphatic carbocycles. The molecule has 0 aliphatic heterocycles. The standard InChI is InChI=1S/C13H16N2OS/c1-10-15-12(9-17-10)8-14-7-11-5-3-4-6-13(11)16-2/h3-6,9,14H,7-8H2,1-2H3. The summed E-state index contributed by atoms with van der Waals surface area (Å²) in [4.78, 5) is 4.41. The summed E-state index contributed by atoms with van der Waals surface area (Å²) >= 11 is 1.68. The zero-order valence-corrected chi connectivity index (χ0v) is 10.9. The van der Waals surface area contributed by atoms with Crippen molar-refractivity contribution in [2.24, 2.45) is 0 Å². The maximum absolute atomic E-state index is 5.30. The smallest absolute Gasteiger partial charge is 0.123 e. The average molecular weight is 248 g/mol. The molecule has 0 atom stereocenters. The third-order valence-corrected chi connectivity index (χ3v) is 3.30. The van der Waals surface area contributed by atoms with E-state index in [0.717, 1.165) is 29.5 Å². The number of aromatic nitrogens is 1. The Morgan fingerprint density at radius 3 is 2.82 bits per heavy atom. The lowest BCUT2D eigenvalue weighted by Crippen LogP contribution is -2.13. The van der Waals surface area contributed by atoms with Crippen LogP contribution < -0.4 is 10.1 Å². The van der Waals surface area contributed by atoms with Crippen LogP contribution in [-0.4, -0.2) is 12.1 Å². The number of thiazole rings is 1. The van der Waals surface area contributed by atoms with Gasteiger partial charge in [0.05, 0.1) is 17.8 Å². The van der Waals surface area contributed by atoms with Crippen molar-refractivity contribution < 1.29 is 4.74 Å². The summed E-state index contributed by atoms with van der Waals surface area (Å²) < 4.78 is 5.30. The van der Waals surface area contributed by atoms with Gasteiger partial charge < -0.3 is 10.1 Å². The second-order valence-corrected chi connectivity index (χ2v) is 4.84. The number of nitrogens with one attached hydrogen (secondary N) is 1. The molecule has 0 amide bonds. The van der Waals surface area contributed by atoms with Crippen LogP contribution in [-0.2, 0) is 13.1 Å². The minimum Gasteiger partial charge on any atom is -0.496 e. The first-order chi connectivity index (χ1) is 8.29. The van der Waals surface area contributed by atoms with E-state index in [4.69, 9.17) is 4.74 Å². The summed E-state index contributed by atoms with van der Waals surface area (Å²) in [6, 6.07) is 8.04. The van der Waals surface area contributed by atoms with Crippen molar-refractivity contribution in [2.45, 2.75) is 20.0 Å². The van der Waals surface area contributed by atoms with Gasteiger partial charge in [-0.05, 0) is 13.0 Å². The molecule has 0 bridgehead atoms. The molecule has 1 aromatic carbocycles. The number of nitrogens with zero attached hydrogens (tertiary/aromatic N) is 1. The third kappa shape index (κ3) is 3.28. The summed E-state index contributed by atoms with van der Waals surface area (Å²) in [6.07, 6.45) is 0. The molecule has 0 spiro atoms. The topological polar surface area (TPSA) is 34.1 Å². The Morgan fingerprint density at radius 2 is 2.12 bits per heavy atom. The Hall–Kier alpha value is -1.39. The number of rotatable bonds is 5. The van der Waals surface area contributed by atoms with E-state index < -0.39 is 0 Å². The number of hydrogen-bond acceptors (Lipinski definition) is 4. The van der Waals surface area contributed by atoms with Gasteiger partial charge in [0.25, 0.3) is 0 Å². The molecule has 3 nitrogen and oxygen atoms in total. The molecular formula is C13H16N2OS. The highest BCUT2D eigenvalue weighted by Gasteiger charge is 2.02. The van der Waals surface area contributed by atoms with E-state index in [1.807, 2.05) is 25.1 Å². The average Bonchev–Trinajstić information content (AvgIpc) is 2.76. The second-order valence-electron chi connectivity index (χ2n) is 3.77. The van der Waals surface area contributed by atoms with Crippen LogP contribution in [0, 0.1) is 6.92 Å². The molecule has 1 N–H and O–H groups in total. The van der Waals surface area contributed by atoms with Crippen molar-refractivity contribution in [1.29, 1.82) is 0 Å². The van der Waals surface area contributed by atoms with Crippen LogP contribution in [0.15, 0.2) is 29.6 Å². The predicted octanol–water partition coefficient (Wildman–Crippen LogP) is 2.75. The Bertz CT molecular complexity index is 482. The van der Waals surface area contributed by atoms with Crippen molar-refractivity contribution >= 4 is 11.3 Å². The largest absolute Gasteiger partial charge is 0.496 e. The van der Waals surface area contributed by atoms with Crippen molar-refractivity contribution in [2.75, 3.05) is 7.11 Å². The molecule has 0 unspecified atom stereocenters. The van der Waals surface area contributed by atoms with Gasteiger partial charge in [0.2, 0.25) is 0 Å². The molecule has 2 aromatic rings. The minimum absolute atomic E-state index is 0.792. The van der Waals surface area contributed by atoms with Gasteiger partial charge in [-0.25, -0.2) is 4.98 Å². The zero-order chi connectivity index (χ0) is 12.1. The van der Waals surface area contributed by atoms with Gasteiger partial charge in [-0.15, -0.1) is 11.3 Å². The van der Waals surface area contributed by atoms with Crippen molar-refractivity contribution in [1.82, 2.24) is 10.3 Å². The van der Waals surface area contributed by atoms with E-state index in [-0.39, 0.29) is 0 Å². The fraction of sp³-hybridized carbons (Fsp3) is 0.308. The number of ether oxygens (including phenoxy) is 1. The van der Waals surface area contributed by atoms with Gasteiger partial charge in [0.15, 0.2) is 0 Å². The van der Waals surface area contributed by atoms with Gasteiger partial charge in [-0.1, -0.05) is 18.2 Å². The number of para-hydroxylation sites is 1. The Kier molecular flexibility index (Phi) is 4.12. The first-order valence-electron chi connectivity index (χ1n) is 5.53. The Balaban J connectivity index is 1.89. The van der Waals surface area contributed by atoms with Crippen LogP contribution >= 0.6 is 11.3 Å². The van der Waals surface area contributed by atoms with E-state index in [0.29, 0.717) is 0 Å². The van der Waals surface area contributed by atoms with Crippen molar-refractivity contribution in [3.8, 4) is 5.75 Å². The fourth-order valence-corrected chi connectivity index (χ4v) is 2.28. The first-order valence-corrected chi connectivity index (χ1v) is 6.41. The molecule has 1 aromatic heterocycles. The summed E-state index contributed by atoms with van der Waals surface area (Å²) in [7, 11) is 1.70. The fourth-order valence-electron chi connectivity index (χ4n) is 1.66. The highest BCUT2D eigenvalue weighted by Crippen LogP contribution is 2.17. The van der Waals surface area contributed by atoms with Gasteiger partial charge in [0.1, 0.15) is 5.75 Å². The van der Waals surface area contributed by atoms with Crippen LogP contribution in [0.2, 0.25) is 0 Å². The van der Waals surface area contributed by atoms with Crippen LogP contribution in [0.25, 0.3) is 0 Å². The highest BCUT2D eigenvalue weighted by atomic mass is 32.1. The van der Waals surface area contributed by atoms with Crippen LogP contribution in [0.5, 0.6) is 5.75 Å². The molecular weight excluding hydrogens is 232 g/mol. The predicted molar refractivity (Wildman–Crippen MR) is 70.4 cm³/mol. The van der Waals surface area contributed by atoms with Gasteiger partial charge in [-0.2, -0.15) is 0 Å². The van der Waals surface area contributed by atoms with Crippen LogP contribution in [0.1, 0.15) is 16.3 Å². The van der Waals surface area contributed by atoms with E-state index in [2.05, 4.69) is 21.7 Å². The normalized spacial score (nSPS) is 10.5. The molecule has 0 fully saturated rings. The van der Waals surface area contributed by atoms with E-state index in [9.17, 15) is 0 Å². The maximum atomic E-state index is 5.30. The first kappa shape index (κ1) is 12.1. The van der Waals surface area contributed by atoms with E-state index >= 15 is 0 Å². The van der Waals surface area contributed by atoms with Gasteiger partial charge >= 0.3 is 0 Å². The monoisotopic (exact) mass is 248 g/mol. The molecule has 90 valence electrons. The summed E-state index contributed by atoms with van der Waals surface area (Å²) in [6.45, 7) is 3.61. The molecule has 1 heterocycles. The number of methoxy groups -OCH3 is 1. The lowest BCUT2D eigenvalue weighted by atomic mass is 10.2. The molecule has 0 radical (unpaired) electrons. The number of aryl methyl sites for hydroxylation is 1. The molecule has 0 saturated carbocycles. The van der Waals surface area contributed by atoms with Crippen LogP contribution in [0.3, 0.4) is 0 Å². The molecule has 2 rings (SSSR count). The molecule has 0 aliphatic rings. The number of hydrogen-bond donors (Lipinski definition) is 1. The quantitative estimate of drug-likeness (QED) is 0.883. The zero-order valence-electron chi connectivity index (χ0n) is 10.1. The van der Waals surface area contributed by atoms with E-state index in [1.165, 1.54) is 5.56 Å². The summed E-state index contributed by atoms with van der Waals surface area (Å²) in [5, 5.41) is 6.57. The molecule has 17 heavy (non-hydrogen) atoms. The van der Waals surface area contributed by atoms with Gasteiger partial charge in [0, 0.05) is 24.0 Å². The summed E-state index contributed by atoms with van der Waals surface area (Å²) in [5.41, 5.74) is 2.27. The van der Waals surface area contributed by atoms with Crippen molar-refractivity contribution in [3.63, 3.8) is 0 Å². The van der Waals surface area contributed by atoms with E-state index in [1.54, 1.807) is 18.4 Å². The lowest BCUT2D eigenvalue weighted by molar-refractivity contribution is 0.407. The third-order valence-electron chi connectivity index (χ3n) is 2.48. The SMILES string of the molecule is COc1ccccc1CNCc1csc(C)n1. The van der Waals surface area contributed by atoms with Crippen LogP contribution in [0.4, 0.5) is 0 Å². The molecule has 4 heteroatoms. The summed E-state index contributed by atoms with van der Waals surface area (Å²) in [5.74, 6) is 0.925. The maximum Gasteiger partial charge on any atom is 0.123 e. The van der Waals surface area contributed by atoms with Gasteiger partial charge in [-0.3, -0.25) is 0 Å². The second kappa shape index (κ2) is 5.80. The number of benzene rings is 1. The molecule has 0 saturated heterocycles. The lowest BCUT2D eigenvalue weighted by Gasteiger charge is -2.08. The Labute approximate surface area is 105 Å². The highest BCUT2D eigenvalue weighted by molar-refractivity contribution is 7.09. The minimum atomic E-state index is 0.792. The Morgan fingerprint density at radius 1 is 1.29 bits per heavy atom. The van der Waals surface area contributed by atoms with Crippen molar-refractivity contribution in [3.05, 3.63) is 45.9 Å².